The van der Waals surface area contributed by atoms with Crippen molar-refractivity contribution in [2.24, 2.45) is 5.92 Å². The molecule has 1 aromatic heterocycles. The lowest BCUT2D eigenvalue weighted by molar-refractivity contribution is -0.117. The number of likely N-dealkylation sites (tertiary alicyclic amines) is 1. The first-order chi connectivity index (χ1) is 9.20. The van der Waals surface area contributed by atoms with Crippen LogP contribution in [-0.2, 0) is 4.79 Å². The molecule has 6 nitrogen and oxygen atoms in total. The number of rotatable bonds is 3. The van der Waals surface area contributed by atoms with E-state index in [1.807, 2.05) is 0 Å². The molecular formula is C13H20N4O2. The molecule has 2 atom stereocenters. The first-order valence-electron chi connectivity index (χ1n) is 6.89. The fourth-order valence-electron chi connectivity index (χ4n) is 3.08. The summed E-state index contributed by atoms with van der Waals surface area (Å²) in [5, 5.41) is 10.1. The Bertz CT molecular complexity index is 459. The normalized spacial score (nSPS) is 27.2. The van der Waals surface area contributed by atoms with E-state index in [0.717, 1.165) is 26.1 Å². The number of piperidine rings is 1. The predicted octanol–water partition coefficient (Wildman–Crippen LogP) is 0.605. The van der Waals surface area contributed by atoms with Crippen LogP contribution in [0, 0.1) is 12.8 Å². The van der Waals surface area contributed by atoms with Gasteiger partial charge in [0.25, 0.3) is 0 Å². The molecule has 0 saturated carbocycles. The van der Waals surface area contributed by atoms with E-state index in [2.05, 4.69) is 20.7 Å². The van der Waals surface area contributed by atoms with Crippen LogP contribution in [0.4, 0.5) is 5.82 Å². The number of anilines is 1. The molecule has 2 unspecified atom stereocenters. The highest BCUT2D eigenvalue weighted by molar-refractivity contribution is 5.91. The number of aryl methyl sites for hydroxylation is 1. The van der Waals surface area contributed by atoms with Crippen molar-refractivity contribution in [2.45, 2.75) is 25.8 Å². The minimum absolute atomic E-state index is 0.0160. The van der Waals surface area contributed by atoms with Gasteiger partial charge in [-0.25, -0.2) is 0 Å². The zero-order valence-corrected chi connectivity index (χ0v) is 11.2. The van der Waals surface area contributed by atoms with Crippen LogP contribution in [0.5, 0.6) is 0 Å². The molecule has 0 aromatic carbocycles. The van der Waals surface area contributed by atoms with Crippen molar-refractivity contribution >= 4 is 11.7 Å². The molecule has 19 heavy (non-hydrogen) atoms. The minimum Gasteiger partial charge on any atom is -0.360 e. The average Bonchev–Trinajstić information content (AvgIpc) is 2.97. The van der Waals surface area contributed by atoms with Crippen LogP contribution in [0.15, 0.2) is 10.6 Å². The lowest BCUT2D eigenvalue weighted by Crippen LogP contribution is -2.46. The van der Waals surface area contributed by atoms with Gasteiger partial charge in [-0.15, -0.1) is 0 Å². The summed E-state index contributed by atoms with van der Waals surface area (Å²) >= 11 is 0. The van der Waals surface area contributed by atoms with E-state index in [1.165, 1.54) is 6.42 Å². The monoisotopic (exact) mass is 264 g/mol. The highest BCUT2D eigenvalue weighted by Crippen LogP contribution is 2.24. The summed E-state index contributed by atoms with van der Waals surface area (Å²) in [6, 6.07) is 2.39. The Morgan fingerprint density at radius 1 is 1.63 bits per heavy atom. The molecule has 3 heterocycles. The molecule has 2 aliphatic heterocycles. The van der Waals surface area contributed by atoms with Gasteiger partial charge in [0.2, 0.25) is 5.91 Å². The topological polar surface area (TPSA) is 70.4 Å². The maximum absolute atomic E-state index is 11.9. The summed E-state index contributed by atoms with van der Waals surface area (Å²) in [5.41, 5.74) is 0. The maximum atomic E-state index is 11.9. The van der Waals surface area contributed by atoms with Crippen LogP contribution in [-0.4, -0.2) is 48.2 Å². The van der Waals surface area contributed by atoms with Crippen molar-refractivity contribution < 1.29 is 9.32 Å². The zero-order chi connectivity index (χ0) is 13.2. The maximum Gasteiger partial charge on any atom is 0.239 e. The van der Waals surface area contributed by atoms with Gasteiger partial charge in [-0.3, -0.25) is 9.69 Å². The third kappa shape index (κ3) is 2.96. The lowest BCUT2D eigenvalue weighted by atomic mass is 9.93. The van der Waals surface area contributed by atoms with Gasteiger partial charge in [0.05, 0.1) is 6.54 Å². The van der Waals surface area contributed by atoms with Crippen LogP contribution in [0.3, 0.4) is 0 Å². The SMILES string of the molecule is Cc1cc(NC(=O)CN2CCC3NCCC3C2)no1. The number of carbonyl (C=O) groups is 1. The summed E-state index contributed by atoms with van der Waals surface area (Å²) < 4.78 is 4.93. The number of carbonyl (C=O) groups excluding carboxylic acids is 1. The van der Waals surface area contributed by atoms with Gasteiger partial charge in [-0.1, -0.05) is 5.16 Å². The van der Waals surface area contributed by atoms with Crippen molar-refractivity contribution in [3.05, 3.63) is 11.8 Å². The van der Waals surface area contributed by atoms with Crippen LogP contribution >= 0.6 is 0 Å². The molecule has 104 valence electrons. The van der Waals surface area contributed by atoms with E-state index in [1.54, 1.807) is 13.0 Å². The Morgan fingerprint density at radius 2 is 2.53 bits per heavy atom. The second-order valence-electron chi connectivity index (χ2n) is 5.50. The summed E-state index contributed by atoms with van der Waals surface area (Å²) in [6.45, 7) is 5.37. The van der Waals surface area contributed by atoms with Gasteiger partial charge in [0, 0.05) is 25.2 Å². The number of nitrogens with zero attached hydrogens (tertiary/aromatic N) is 2. The predicted molar refractivity (Wildman–Crippen MR) is 70.8 cm³/mol. The molecule has 6 heteroatoms. The standard InChI is InChI=1S/C13H20N4O2/c1-9-6-12(16-19-9)15-13(18)8-17-5-3-11-10(7-17)2-4-14-11/h6,10-11,14H,2-5,7-8H2,1H3,(H,15,16,18). The second kappa shape index (κ2) is 5.30. The zero-order valence-electron chi connectivity index (χ0n) is 11.2. The average molecular weight is 264 g/mol. The van der Waals surface area contributed by atoms with Crippen molar-refractivity contribution in [3.8, 4) is 0 Å². The van der Waals surface area contributed by atoms with Crippen molar-refractivity contribution in [2.75, 3.05) is 31.5 Å². The molecule has 2 aliphatic rings. The van der Waals surface area contributed by atoms with E-state index in [4.69, 9.17) is 4.52 Å². The number of hydrogen-bond donors (Lipinski definition) is 2. The molecule has 0 aliphatic carbocycles. The molecule has 2 N–H and O–H groups in total. The van der Waals surface area contributed by atoms with Crippen molar-refractivity contribution in [3.63, 3.8) is 0 Å². The highest BCUT2D eigenvalue weighted by atomic mass is 16.5. The van der Waals surface area contributed by atoms with Gasteiger partial charge in [-0.05, 0) is 32.2 Å². The van der Waals surface area contributed by atoms with Gasteiger partial charge in [-0.2, -0.15) is 0 Å². The Labute approximate surface area is 112 Å². The summed E-state index contributed by atoms with van der Waals surface area (Å²) in [4.78, 5) is 14.2. The van der Waals surface area contributed by atoms with E-state index in [9.17, 15) is 4.79 Å². The molecule has 0 radical (unpaired) electrons. The lowest BCUT2D eigenvalue weighted by Gasteiger charge is -2.34. The van der Waals surface area contributed by atoms with Gasteiger partial charge in [0.15, 0.2) is 5.82 Å². The Morgan fingerprint density at radius 3 is 3.32 bits per heavy atom. The molecule has 2 saturated heterocycles. The van der Waals surface area contributed by atoms with Gasteiger partial charge >= 0.3 is 0 Å². The quantitative estimate of drug-likeness (QED) is 0.837. The van der Waals surface area contributed by atoms with Crippen molar-refractivity contribution in [1.82, 2.24) is 15.4 Å². The smallest absolute Gasteiger partial charge is 0.239 e. The van der Waals surface area contributed by atoms with E-state index < -0.39 is 0 Å². The van der Waals surface area contributed by atoms with Gasteiger partial charge < -0.3 is 15.2 Å². The number of hydrogen-bond acceptors (Lipinski definition) is 5. The van der Waals surface area contributed by atoms with E-state index >= 15 is 0 Å². The first kappa shape index (κ1) is 12.6. The number of fused-ring (bicyclic) bond motifs is 1. The fourth-order valence-corrected chi connectivity index (χ4v) is 3.08. The summed E-state index contributed by atoms with van der Waals surface area (Å²) in [6.07, 6.45) is 2.37. The van der Waals surface area contributed by atoms with Crippen LogP contribution in [0.25, 0.3) is 0 Å². The van der Waals surface area contributed by atoms with Crippen LogP contribution < -0.4 is 10.6 Å². The molecule has 0 bridgehead atoms. The molecule has 1 aromatic rings. The third-order valence-electron chi connectivity index (χ3n) is 4.00. The third-order valence-corrected chi connectivity index (χ3v) is 4.00. The first-order valence-corrected chi connectivity index (χ1v) is 6.89. The minimum atomic E-state index is -0.0160. The molecule has 0 spiro atoms. The largest absolute Gasteiger partial charge is 0.360 e. The Kier molecular flexibility index (Phi) is 3.52. The molecular weight excluding hydrogens is 244 g/mol. The Balaban J connectivity index is 1.49. The second-order valence-corrected chi connectivity index (χ2v) is 5.50. The van der Waals surface area contributed by atoms with Crippen molar-refractivity contribution in [1.29, 1.82) is 0 Å². The van der Waals surface area contributed by atoms with Crippen LogP contribution in [0.1, 0.15) is 18.6 Å². The van der Waals surface area contributed by atoms with E-state index in [-0.39, 0.29) is 5.91 Å². The van der Waals surface area contributed by atoms with Crippen LogP contribution in [0.2, 0.25) is 0 Å². The molecule has 3 rings (SSSR count). The molecule has 2 fully saturated rings. The molecule has 1 amide bonds. The number of amides is 1. The van der Waals surface area contributed by atoms with E-state index in [0.29, 0.717) is 30.1 Å². The fraction of sp³-hybridized carbons (Fsp3) is 0.692. The number of aromatic nitrogens is 1. The summed E-state index contributed by atoms with van der Waals surface area (Å²) in [7, 11) is 0. The Hall–Kier alpha value is -1.40. The number of nitrogens with one attached hydrogen (secondary N) is 2. The van der Waals surface area contributed by atoms with Gasteiger partial charge in [0.1, 0.15) is 5.76 Å². The summed E-state index contributed by atoms with van der Waals surface area (Å²) in [5.74, 6) is 1.89. The highest BCUT2D eigenvalue weighted by Gasteiger charge is 2.32.